The lowest BCUT2D eigenvalue weighted by atomic mass is 9.77. The van der Waals surface area contributed by atoms with Crippen molar-refractivity contribution in [1.29, 1.82) is 0 Å². The average molecular weight is 241 g/mol. The minimum absolute atomic E-state index is 0.147. The van der Waals surface area contributed by atoms with Crippen LogP contribution in [0.25, 0.3) is 0 Å². The molecule has 0 unspecified atom stereocenters. The van der Waals surface area contributed by atoms with Crippen molar-refractivity contribution in [3.8, 4) is 0 Å². The second-order valence-electron chi connectivity index (χ2n) is 5.62. The van der Waals surface area contributed by atoms with Crippen molar-refractivity contribution in [3.05, 3.63) is 0 Å². The first-order valence-electron chi connectivity index (χ1n) is 7.55. The Labute approximate surface area is 108 Å². The largest absolute Gasteiger partial charge is 0.374 e. The first-order chi connectivity index (χ1) is 8.26. The van der Waals surface area contributed by atoms with Gasteiger partial charge in [0.05, 0.1) is 5.60 Å². The highest BCUT2D eigenvalue weighted by atomic mass is 16.5. The molecule has 0 heterocycles. The molecule has 1 N–H and O–H groups in total. The Morgan fingerprint density at radius 1 is 1.18 bits per heavy atom. The summed E-state index contributed by atoms with van der Waals surface area (Å²) in [6, 6.07) is 0. The van der Waals surface area contributed by atoms with E-state index >= 15 is 0 Å². The van der Waals surface area contributed by atoms with Crippen molar-refractivity contribution >= 4 is 0 Å². The van der Waals surface area contributed by atoms with E-state index in [-0.39, 0.29) is 5.60 Å². The standard InChI is InChI=1S/C15H31NO/c1-4-6-7-12-17-15(13-16-3)10-8-14(5-2)9-11-15/h14,16H,4-13H2,1-3H3. The van der Waals surface area contributed by atoms with Crippen molar-refractivity contribution in [1.82, 2.24) is 5.32 Å². The van der Waals surface area contributed by atoms with Gasteiger partial charge in [-0.3, -0.25) is 0 Å². The summed E-state index contributed by atoms with van der Waals surface area (Å²) in [5, 5.41) is 3.33. The number of ether oxygens (including phenoxy) is 1. The van der Waals surface area contributed by atoms with E-state index in [9.17, 15) is 0 Å². The van der Waals surface area contributed by atoms with E-state index in [0.29, 0.717) is 0 Å². The maximum Gasteiger partial charge on any atom is 0.0806 e. The lowest BCUT2D eigenvalue weighted by Gasteiger charge is -2.40. The molecule has 17 heavy (non-hydrogen) atoms. The molecule has 102 valence electrons. The second kappa shape index (κ2) is 8.10. The minimum Gasteiger partial charge on any atom is -0.374 e. The van der Waals surface area contributed by atoms with Crippen LogP contribution in [0.15, 0.2) is 0 Å². The van der Waals surface area contributed by atoms with Gasteiger partial charge in [-0.2, -0.15) is 0 Å². The van der Waals surface area contributed by atoms with Gasteiger partial charge < -0.3 is 10.1 Å². The van der Waals surface area contributed by atoms with Gasteiger partial charge in [0, 0.05) is 13.2 Å². The fraction of sp³-hybridized carbons (Fsp3) is 1.00. The van der Waals surface area contributed by atoms with Crippen LogP contribution in [0.2, 0.25) is 0 Å². The van der Waals surface area contributed by atoms with E-state index < -0.39 is 0 Å². The molecule has 0 atom stereocenters. The fourth-order valence-corrected chi connectivity index (χ4v) is 2.95. The van der Waals surface area contributed by atoms with E-state index in [0.717, 1.165) is 19.1 Å². The zero-order chi connectivity index (χ0) is 12.6. The summed E-state index contributed by atoms with van der Waals surface area (Å²) in [6.45, 7) is 6.54. The molecule has 1 saturated carbocycles. The molecule has 0 spiro atoms. The Morgan fingerprint density at radius 3 is 2.41 bits per heavy atom. The number of unbranched alkanes of at least 4 members (excludes halogenated alkanes) is 2. The normalized spacial score (nSPS) is 29.5. The van der Waals surface area contributed by atoms with E-state index in [2.05, 4.69) is 19.2 Å². The molecule has 1 aliphatic carbocycles. The minimum atomic E-state index is 0.147. The molecule has 0 radical (unpaired) electrons. The van der Waals surface area contributed by atoms with Crippen LogP contribution in [-0.2, 0) is 4.74 Å². The molecule has 1 fully saturated rings. The molecule has 0 saturated heterocycles. The predicted octanol–water partition coefficient (Wildman–Crippen LogP) is 3.75. The van der Waals surface area contributed by atoms with Gasteiger partial charge in [0.15, 0.2) is 0 Å². The van der Waals surface area contributed by atoms with Gasteiger partial charge in [0.25, 0.3) is 0 Å². The Hall–Kier alpha value is -0.0800. The van der Waals surface area contributed by atoms with Crippen LogP contribution in [0.5, 0.6) is 0 Å². The molecular formula is C15H31NO. The van der Waals surface area contributed by atoms with Crippen LogP contribution in [0.4, 0.5) is 0 Å². The summed E-state index contributed by atoms with van der Waals surface area (Å²) in [7, 11) is 2.04. The molecule has 1 rings (SSSR count). The number of hydrogen-bond donors (Lipinski definition) is 1. The number of rotatable bonds is 8. The SMILES string of the molecule is CCCCCOC1(CNC)CCC(CC)CC1. The quantitative estimate of drug-likeness (QED) is 0.653. The van der Waals surface area contributed by atoms with Crippen molar-refractivity contribution in [2.24, 2.45) is 5.92 Å². The lowest BCUT2D eigenvalue weighted by Crippen LogP contribution is -2.45. The third kappa shape index (κ3) is 4.97. The summed E-state index contributed by atoms with van der Waals surface area (Å²) in [5.41, 5.74) is 0.147. The zero-order valence-electron chi connectivity index (χ0n) is 12.1. The Bertz CT molecular complexity index is 185. The van der Waals surface area contributed by atoms with Crippen LogP contribution >= 0.6 is 0 Å². The predicted molar refractivity (Wildman–Crippen MR) is 74.4 cm³/mol. The lowest BCUT2D eigenvalue weighted by molar-refractivity contribution is -0.0767. The first kappa shape index (κ1) is 15.0. The highest BCUT2D eigenvalue weighted by Crippen LogP contribution is 2.36. The molecule has 0 bridgehead atoms. The van der Waals surface area contributed by atoms with Gasteiger partial charge in [-0.1, -0.05) is 33.1 Å². The Balaban J connectivity index is 2.35. The van der Waals surface area contributed by atoms with E-state index in [1.54, 1.807) is 0 Å². The third-order valence-corrected chi connectivity index (χ3v) is 4.25. The van der Waals surface area contributed by atoms with E-state index in [1.807, 2.05) is 7.05 Å². The van der Waals surface area contributed by atoms with Gasteiger partial charge in [-0.15, -0.1) is 0 Å². The van der Waals surface area contributed by atoms with E-state index in [1.165, 1.54) is 51.4 Å². The molecule has 0 aromatic rings. The molecule has 2 heteroatoms. The number of hydrogen-bond acceptors (Lipinski definition) is 2. The first-order valence-corrected chi connectivity index (χ1v) is 7.55. The molecule has 0 aliphatic heterocycles. The number of likely N-dealkylation sites (N-methyl/N-ethyl adjacent to an activating group) is 1. The summed E-state index contributed by atoms with van der Waals surface area (Å²) < 4.78 is 6.24. The number of nitrogens with one attached hydrogen (secondary N) is 1. The van der Waals surface area contributed by atoms with Crippen molar-refractivity contribution in [2.75, 3.05) is 20.2 Å². The molecule has 0 aromatic carbocycles. The van der Waals surface area contributed by atoms with Gasteiger partial charge in [0.1, 0.15) is 0 Å². The highest BCUT2D eigenvalue weighted by Gasteiger charge is 2.34. The molecular weight excluding hydrogens is 210 g/mol. The molecule has 0 aromatic heterocycles. The van der Waals surface area contributed by atoms with Crippen LogP contribution in [0.3, 0.4) is 0 Å². The van der Waals surface area contributed by atoms with Crippen LogP contribution in [0, 0.1) is 5.92 Å². The summed E-state index contributed by atoms with van der Waals surface area (Å²) in [6.07, 6.45) is 10.3. The molecule has 2 nitrogen and oxygen atoms in total. The van der Waals surface area contributed by atoms with E-state index in [4.69, 9.17) is 4.74 Å². The summed E-state index contributed by atoms with van der Waals surface area (Å²) >= 11 is 0. The van der Waals surface area contributed by atoms with Gasteiger partial charge in [-0.05, 0) is 45.1 Å². The van der Waals surface area contributed by atoms with Gasteiger partial charge in [0.2, 0.25) is 0 Å². The zero-order valence-corrected chi connectivity index (χ0v) is 12.1. The Kier molecular flexibility index (Phi) is 7.14. The maximum atomic E-state index is 6.24. The summed E-state index contributed by atoms with van der Waals surface area (Å²) in [4.78, 5) is 0. The van der Waals surface area contributed by atoms with Crippen molar-refractivity contribution < 1.29 is 4.74 Å². The van der Waals surface area contributed by atoms with Gasteiger partial charge >= 0.3 is 0 Å². The molecule has 1 aliphatic rings. The average Bonchev–Trinajstić information content (AvgIpc) is 2.36. The maximum absolute atomic E-state index is 6.24. The van der Waals surface area contributed by atoms with Crippen LogP contribution in [0.1, 0.15) is 65.2 Å². The second-order valence-corrected chi connectivity index (χ2v) is 5.62. The Morgan fingerprint density at radius 2 is 1.88 bits per heavy atom. The monoisotopic (exact) mass is 241 g/mol. The van der Waals surface area contributed by atoms with Crippen molar-refractivity contribution in [2.45, 2.75) is 70.8 Å². The van der Waals surface area contributed by atoms with Crippen LogP contribution < -0.4 is 5.32 Å². The van der Waals surface area contributed by atoms with Crippen LogP contribution in [-0.4, -0.2) is 25.8 Å². The topological polar surface area (TPSA) is 21.3 Å². The molecule has 0 amide bonds. The van der Waals surface area contributed by atoms with Crippen molar-refractivity contribution in [3.63, 3.8) is 0 Å². The fourth-order valence-electron chi connectivity index (χ4n) is 2.95. The third-order valence-electron chi connectivity index (χ3n) is 4.25. The smallest absolute Gasteiger partial charge is 0.0806 e. The highest BCUT2D eigenvalue weighted by molar-refractivity contribution is 4.88. The summed E-state index contributed by atoms with van der Waals surface area (Å²) in [5.74, 6) is 0.944. The van der Waals surface area contributed by atoms with Gasteiger partial charge in [-0.25, -0.2) is 0 Å².